The maximum absolute atomic E-state index is 5.66. The highest BCUT2D eigenvalue weighted by atomic mass is 32.2. The van der Waals surface area contributed by atoms with Crippen molar-refractivity contribution in [3.8, 4) is 0 Å². The fourth-order valence-electron chi connectivity index (χ4n) is 1.92. The van der Waals surface area contributed by atoms with Crippen LogP contribution in [0, 0.1) is 0 Å². The molecule has 1 aromatic carbocycles. The zero-order valence-electron chi connectivity index (χ0n) is 9.15. The van der Waals surface area contributed by atoms with Crippen LogP contribution in [0.5, 0.6) is 0 Å². The van der Waals surface area contributed by atoms with Gasteiger partial charge in [-0.15, -0.1) is 0 Å². The SMILES string of the molecule is CC1CN(Cc2ccc(N)cc2)CCS1. The third kappa shape index (κ3) is 3.14. The van der Waals surface area contributed by atoms with Gasteiger partial charge in [0.2, 0.25) is 0 Å². The van der Waals surface area contributed by atoms with Gasteiger partial charge in [0.15, 0.2) is 0 Å². The number of nitrogen functional groups attached to an aromatic ring is 1. The first-order valence-corrected chi connectivity index (χ1v) is 6.47. The molecule has 2 N–H and O–H groups in total. The maximum atomic E-state index is 5.66. The molecule has 1 aliphatic heterocycles. The Morgan fingerprint density at radius 1 is 1.40 bits per heavy atom. The van der Waals surface area contributed by atoms with Gasteiger partial charge in [-0.2, -0.15) is 11.8 Å². The normalized spacial score (nSPS) is 22.9. The van der Waals surface area contributed by atoms with Crippen molar-refractivity contribution in [2.24, 2.45) is 0 Å². The molecule has 2 nitrogen and oxygen atoms in total. The van der Waals surface area contributed by atoms with Gasteiger partial charge in [-0.05, 0) is 17.7 Å². The number of hydrogen-bond donors (Lipinski definition) is 1. The molecule has 1 unspecified atom stereocenters. The lowest BCUT2D eigenvalue weighted by Gasteiger charge is -2.30. The van der Waals surface area contributed by atoms with Gasteiger partial charge in [-0.3, -0.25) is 4.90 Å². The van der Waals surface area contributed by atoms with E-state index in [0.29, 0.717) is 0 Å². The van der Waals surface area contributed by atoms with Crippen molar-refractivity contribution in [2.75, 3.05) is 24.6 Å². The van der Waals surface area contributed by atoms with Crippen LogP contribution in [0.15, 0.2) is 24.3 Å². The fourth-order valence-corrected chi connectivity index (χ4v) is 3.00. The first-order valence-electron chi connectivity index (χ1n) is 5.42. The molecule has 1 heterocycles. The Labute approximate surface area is 95.8 Å². The zero-order chi connectivity index (χ0) is 10.7. The van der Waals surface area contributed by atoms with Crippen LogP contribution >= 0.6 is 11.8 Å². The molecule has 1 saturated heterocycles. The second kappa shape index (κ2) is 4.90. The maximum Gasteiger partial charge on any atom is 0.0314 e. The van der Waals surface area contributed by atoms with Gasteiger partial charge in [0.05, 0.1) is 0 Å². The molecule has 3 heteroatoms. The van der Waals surface area contributed by atoms with Gasteiger partial charge >= 0.3 is 0 Å². The summed E-state index contributed by atoms with van der Waals surface area (Å²) in [5, 5.41) is 0.771. The van der Waals surface area contributed by atoms with Gasteiger partial charge < -0.3 is 5.73 Å². The van der Waals surface area contributed by atoms with E-state index in [2.05, 4.69) is 35.7 Å². The summed E-state index contributed by atoms with van der Waals surface area (Å²) in [7, 11) is 0. The summed E-state index contributed by atoms with van der Waals surface area (Å²) in [6.45, 7) is 5.78. The molecule has 0 amide bonds. The van der Waals surface area contributed by atoms with Crippen molar-refractivity contribution in [3.63, 3.8) is 0 Å². The molecule has 1 aliphatic rings. The Bertz CT molecular complexity index is 310. The second-order valence-electron chi connectivity index (χ2n) is 4.16. The average Bonchev–Trinajstić information content (AvgIpc) is 2.22. The number of rotatable bonds is 2. The minimum atomic E-state index is 0.771. The molecule has 0 aliphatic carbocycles. The standard InChI is InChI=1S/C12H18N2S/c1-10-8-14(6-7-15-10)9-11-2-4-12(13)5-3-11/h2-5,10H,6-9,13H2,1H3. The number of nitrogens with zero attached hydrogens (tertiary/aromatic N) is 1. The van der Waals surface area contributed by atoms with Crippen molar-refractivity contribution in [1.82, 2.24) is 4.90 Å². The number of nitrogens with two attached hydrogens (primary N) is 1. The minimum Gasteiger partial charge on any atom is -0.399 e. The van der Waals surface area contributed by atoms with Gasteiger partial charge in [0, 0.05) is 36.3 Å². The van der Waals surface area contributed by atoms with Gasteiger partial charge in [-0.25, -0.2) is 0 Å². The van der Waals surface area contributed by atoms with E-state index in [9.17, 15) is 0 Å². The molecule has 0 spiro atoms. The molecule has 1 aromatic rings. The van der Waals surface area contributed by atoms with E-state index in [0.717, 1.165) is 17.5 Å². The highest BCUT2D eigenvalue weighted by Crippen LogP contribution is 2.19. The van der Waals surface area contributed by atoms with E-state index in [-0.39, 0.29) is 0 Å². The zero-order valence-corrected chi connectivity index (χ0v) is 9.96. The van der Waals surface area contributed by atoms with Crippen LogP contribution in [0.25, 0.3) is 0 Å². The lowest BCUT2D eigenvalue weighted by molar-refractivity contribution is 0.278. The highest BCUT2D eigenvalue weighted by molar-refractivity contribution is 7.99. The Morgan fingerprint density at radius 2 is 2.13 bits per heavy atom. The summed E-state index contributed by atoms with van der Waals surface area (Å²) >= 11 is 2.07. The van der Waals surface area contributed by atoms with Crippen molar-refractivity contribution < 1.29 is 0 Å². The summed E-state index contributed by atoms with van der Waals surface area (Å²) in [5.74, 6) is 1.26. The van der Waals surface area contributed by atoms with Crippen LogP contribution in [0.1, 0.15) is 12.5 Å². The summed E-state index contributed by atoms with van der Waals surface area (Å²) in [6, 6.07) is 8.22. The summed E-state index contributed by atoms with van der Waals surface area (Å²) < 4.78 is 0. The number of hydrogen-bond acceptors (Lipinski definition) is 3. The van der Waals surface area contributed by atoms with Crippen LogP contribution < -0.4 is 5.73 Å². The molecule has 82 valence electrons. The van der Waals surface area contributed by atoms with E-state index in [4.69, 9.17) is 5.73 Å². The Kier molecular flexibility index (Phi) is 3.54. The summed E-state index contributed by atoms with van der Waals surface area (Å²) in [4.78, 5) is 2.52. The smallest absolute Gasteiger partial charge is 0.0314 e. The molecule has 1 atom stereocenters. The predicted octanol–water partition coefficient (Wildman–Crippen LogP) is 2.21. The van der Waals surface area contributed by atoms with Gasteiger partial charge in [-0.1, -0.05) is 19.1 Å². The van der Waals surface area contributed by atoms with Gasteiger partial charge in [0.25, 0.3) is 0 Å². The molecule has 0 saturated carbocycles. The van der Waals surface area contributed by atoms with E-state index in [1.807, 2.05) is 12.1 Å². The lowest BCUT2D eigenvalue weighted by atomic mass is 10.2. The first kappa shape index (κ1) is 10.8. The van der Waals surface area contributed by atoms with E-state index >= 15 is 0 Å². The molecule has 0 radical (unpaired) electrons. The van der Waals surface area contributed by atoms with Crippen molar-refractivity contribution in [1.29, 1.82) is 0 Å². The summed E-state index contributed by atoms with van der Waals surface area (Å²) in [5.41, 5.74) is 7.88. The molecule has 15 heavy (non-hydrogen) atoms. The van der Waals surface area contributed by atoms with E-state index in [1.54, 1.807) is 0 Å². The molecule has 0 aromatic heterocycles. The van der Waals surface area contributed by atoms with Crippen molar-refractivity contribution >= 4 is 17.4 Å². The van der Waals surface area contributed by atoms with Crippen LogP contribution in [0.2, 0.25) is 0 Å². The van der Waals surface area contributed by atoms with Crippen LogP contribution in [0.4, 0.5) is 5.69 Å². The quantitative estimate of drug-likeness (QED) is 0.778. The highest BCUT2D eigenvalue weighted by Gasteiger charge is 2.16. The fraction of sp³-hybridized carbons (Fsp3) is 0.500. The lowest BCUT2D eigenvalue weighted by Crippen LogP contribution is -2.35. The molecule has 0 bridgehead atoms. The predicted molar refractivity (Wildman–Crippen MR) is 68.1 cm³/mol. The Hall–Kier alpha value is -0.670. The van der Waals surface area contributed by atoms with Crippen LogP contribution in [0.3, 0.4) is 0 Å². The van der Waals surface area contributed by atoms with E-state index < -0.39 is 0 Å². The van der Waals surface area contributed by atoms with Gasteiger partial charge in [0.1, 0.15) is 0 Å². The Balaban J connectivity index is 1.93. The van der Waals surface area contributed by atoms with Crippen LogP contribution in [-0.2, 0) is 6.54 Å². The average molecular weight is 222 g/mol. The monoisotopic (exact) mass is 222 g/mol. The third-order valence-electron chi connectivity index (χ3n) is 2.71. The third-order valence-corrected chi connectivity index (χ3v) is 3.85. The molecular weight excluding hydrogens is 204 g/mol. The first-order chi connectivity index (χ1) is 7.24. The largest absolute Gasteiger partial charge is 0.399 e. The summed E-state index contributed by atoms with van der Waals surface area (Å²) in [6.07, 6.45) is 0. The van der Waals surface area contributed by atoms with Crippen LogP contribution in [-0.4, -0.2) is 29.0 Å². The minimum absolute atomic E-state index is 0.771. The van der Waals surface area contributed by atoms with Crippen molar-refractivity contribution in [3.05, 3.63) is 29.8 Å². The second-order valence-corrected chi connectivity index (χ2v) is 5.70. The van der Waals surface area contributed by atoms with E-state index in [1.165, 1.54) is 24.4 Å². The van der Waals surface area contributed by atoms with Crippen molar-refractivity contribution in [2.45, 2.75) is 18.7 Å². The molecule has 1 fully saturated rings. The molecular formula is C12H18N2S. The Morgan fingerprint density at radius 3 is 2.80 bits per heavy atom. The number of benzene rings is 1. The molecule has 2 rings (SSSR count). The topological polar surface area (TPSA) is 29.3 Å². The number of thioether (sulfide) groups is 1. The number of anilines is 1.